The lowest BCUT2D eigenvalue weighted by Gasteiger charge is -2.05. The smallest absolute Gasteiger partial charge is 0.302 e. The molecule has 1 aromatic heterocycles. The summed E-state index contributed by atoms with van der Waals surface area (Å²) in [5.41, 5.74) is 0.942. The van der Waals surface area contributed by atoms with Gasteiger partial charge in [0.05, 0.1) is 6.20 Å². The summed E-state index contributed by atoms with van der Waals surface area (Å²) in [4.78, 5) is 14.5. The van der Waals surface area contributed by atoms with Crippen LogP contribution in [0.25, 0.3) is 0 Å². The van der Waals surface area contributed by atoms with Crippen molar-refractivity contribution in [3.63, 3.8) is 0 Å². The summed E-state index contributed by atoms with van der Waals surface area (Å²) < 4.78 is 9.97. The van der Waals surface area contributed by atoms with Gasteiger partial charge in [-0.1, -0.05) is 0 Å². The standard InChI is InChI=1S/C10H13NO3/c1-8-3-4-10(7-11-8)14-6-5-13-9(2)12/h3-4,7H,5-6H2,1-2H3. The maximum Gasteiger partial charge on any atom is 0.302 e. The van der Waals surface area contributed by atoms with Gasteiger partial charge in [-0.15, -0.1) is 0 Å². The van der Waals surface area contributed by atoms with Gasteiger partial charge in [-0.25, -0.2) is 0 Å². The van der Waals surface area contributed by atoms with Crippen molar-refractivity contribution in [3.8, 4) is 5.75 Å². The SMILES string of the molecule is CC(=O)OCCOc1ccc(C)nc1. The zero-order valence-electron chi connectivity index (χ0n) is 8.32. The summed E-state index contributed by atoms with van der Waals surface area (Å²) in [5, 5.41) is 0. The molecule has 0 amide bonds. The molecule has 0 fully saturated rings. The monoisotopic (exact) mass is 195 g/mol. The summed E-state index contributed by atoms with van der Waals surface area (Å²) in [7, 11) is 0. The highest BCUT2D eigenvalue weighted by atomic mass is 16.6. The summed E-state index contributed by atoms with van der Waals surface area (Å²) in [6, 6.07) is 3.69. The third kappa shape index (κ3) is 3.89. The minimum absolute atomic E-state index is 0.267. The molecular weight excluding hydrogens is 182 g/mol. The van der Waals surface area contributed by atoms with Crippen LogP contribution in [0, 0.1) is 6.92 Å². The Labute approximate surface area is 82.9 Å². The van der Waals surface area contributed by atoms with Crippen LogP contribution in [0.15, 0.2) is 18.3 Å². The number of pyridine rings is 1. The third-order valence-electron chi connectivity index (χ3n) is 1.54. The predicted octanol–water partition coefficient (Wildman–Crippen LogP) is 1.33. The minimum Gasteiger partial charge on any atom is -0.488 e. The third-order valence-corrected chi connectivity index (χ3v) is 1.54. The average Bonchev–Trinajstić information content (AvgIpc) is 2.15. The lowest BCUT2D eigenvalue weighted by molar-refractivity contribution is -0.141. The van der Waals surface area contributed by atoms with E-state index in [4.69, 9.17) is 9.47 Å². The highest BCUT2D eigenvalue weighted by molar-refractivity contribution is 5.65. The lowest BCUT2D eigenvalue weighted by atomic mass is 10.4. The van der Waals surface area contributed by atoms with E-state index in [1.165, 1.54) is 6.92 Å². The summed E-state index contributed by atoms with van der Waals surface area (Å²) >= 11 is 0. The normalized spacial score (nSPS) is 9.57. The van der Waals surface area contributed by atoms with Crippen molar-refractivity contribution < 1.29 is 14.3 Å². The van der Waals surface area contributed by atoms with Crippen LogP contribution < -0.4 is 4.74 Å². The van der Waals surface area contributed by atoms with Gasteiger partial charge in [-0.2, -0.15) is 0 Å². The Hall–Kier alpha value is -1.58. The molecule has 0 aliphatic heterocycles. The zero-order valence-corrected chi connectivity index (χ0v) is 8.32. The van der Waals surface area contributed by atoms with Gasteiger partial charge in [0.25, 0.3) is 0 Å². The number of esters is 1. The zero-order chi connectivity index (χ0) is 10.4. The van der Waals surface area contributed by atoms with E-state index in [2.05, 4.69) is 4.98 Å². The number of carbonyl (C=O) groups is 1. The fraction of sp³-hybridized carbons (Fsp3) is 0.400. The number of rotatable bonds is 4. The number of hydrogen-bond donors (Lipinski definition) is 0. The van der Waals surface area contributed by atoms with E-state index in [1.807, 2.05) is 19.1 Å². The van der Waals surface area contributed by atoms with Gasteiger partial charge >= 0.3 is 5.97 Å². The molecule has 1 rings (SSSR count). The van der Waals surface area contributed by atoms with Gasteiger partial charge in [-0.05, 0) is 19.1 Å². The average molecular weight is 195 g/mol. The lowest BCUT2D eigenvalue weighted by Crippen LogP contribution is -2.09. The van der Waals surface area contributed by atoms with Crippen LogP contribution in [0.1, 0.15) is 12.6 Å². The van der Waals surface area contributed by atoms with Gasteiger partial charge in [0, 0.05) is 12.6 Å². The first-order valence-corrected chi connectivity index (χ1v) is 4.37. The molecule has 0 radical (unpaired) electrons. The van der Waals surface area contributed by atoms with Crippen LogP contribution in [0.2, 0.25) is 0 Å². The second-order valence-corrected chi connectivity index (χ2v) is 2.82. The van der Waals surface area contributed by atoms with Gasteiger partial charge in [0.2, 0.25) is 0 Å². The largest absolute Gasteiger partial charge is 0.488 e. The Morgan fingerprint density at radius 3 is 2.79 bits per heavy atom. The van der Waals surface area contributed by atoms with E-state index < -0.39 is 0 Å². The first kappa shape index (κ1) is 10.5. The van der Waals surface area contributed by atoms with Crippen LogP contribution in [0.4, 0.5) is 0 Å². The first-order chi connectivity index (χ1) is 6.68. The van der Waals surface area contributed by atoms with Crippen molar-refractivity contribution in [2.75, 3.05) is 13.2 Å². The molecule has 0 unspecified atom stereocenters. The molecule has 0 aliphatic carbocycles. The molecule has 76 valence electrons. The fourth-order valence-electron chi connectivity index (χ4n) is 0.885. The summed E-state index contributed by atoms with van der Waals surface area (Å²) in [5.74, 6) is 0.387. The van der Waals surface area contributed by atoms with E-state index in [0.29, 0.717) is 12.4 Å². The van der Waals surface area contributed by atoms with Crippen LogP contribution in [-0.4, -0.2) is 24.2 Å². The van der Waals surface area contributed by atoms with E-state index in [0.717, 1.165) is 5.69 Å². The van der Waals surface area contributed by atoms with Crippen molar-refractivity contribution >= 4 is 5.97 Å². The van der Waals surface area contributed by atoms with Gasteiger partial charge in [-0.3, -0.25) is 9.78 Å². The van der Waals surface area contributed by atoms with Crippen molar-refractivity contribution in [1.82, 2.24) is 4.98 Å². The quantitative estimate of drug-likeness (QED) is 0.537. The van der Waals surface area contributed by atoms with Crippen LogP contribution in [0.3, 0.4) is 0 Å². The molecule has 0 spiro atoms. The first-order valence-electron chi connectivity index (χ1n) is 4.37. The van der Waals surface area contributed by atoms with Crippen LogP contribution in [-0.2, 0) is 9.53 Å². The minimum atomic E-state index is -0.296. The van der Waals surface area contributed by atoms with Crippen LogP contribution in [0.5, 0.6) is 5.75 Å². The molecule has 0 aromatic carbocycles. The van der Waals surface area contributed by atoms with Crippen molar-refractivity contribution in [2.24, 2.45) is 0 Å². The molecule has 0 atom stereocenters. The second kappa shape index (κ2) is 5.21. The fourth-order valence-corrected chi connectivity index (χ4v) is 0.885. The highest BCUT2D eigenvalue weighted by Gasteiger charge is 1.95. The maximum absolute atomic E-state index is 10.4. The maximum atomic E-state index is 10.4. The molecule has 0 N–H and O–H groups in total. The molecular formula is C10H13NO3. The Morgan fingerprint density at radius 1 is 1.43 bits per heavy atom. The van der Waals surface area contributed by atoms with E-state index in [-0.39, 0.29) is 12.6 Å². The predicted molar refractivity (Wildman–Crippen MR) is 51.1 cm³/mol. The number of hydrogen-bond acceptors (Lipinski definition) is 4. The number of aromatic nitrogens is 1. The van der Waals surface area contributed by atoms with Gasteiger partial charge < -0.3 is 9.47 Å². The van der Waals surface area contributed by atoms with Crippen molar-refractivity contribution in [2.45, 2.75) is 13.8 Å². The number of nitrogens with zero attached hydrogens (tertiary/aromatic N) is 1. The second-order valence-electron chi connectivity index (χ2n) is 2.82. The van der Waals surface area contributed by atoms with Crippen LogP contribution >= 0.6 is 0 Å². The molecule has 0 saturated heterocycles. The Balaban J connectivity index is 2.25. The molecule has 0 aliphatic rings. The van der Waals surface area contributed by atoms with Crippen molar-refractivity contribution in [3.05, 3.63) is 24.0 Å². The number of ether oxygens (including phenoxy) is 2. The topological polar surface area (TPSA) is 48.4 Å². The Morgan fingerprint density at radius 2 is 2.21 bits per heavy atom. The highest BCUT2D eigenvalue weighted by Crippen LogP contribution is 2.07. The molecule has 1 aromatic rings. The Kier molecular flexibility index (Phi) is 3.91. The molecule has 1 heterocycles. The molecule has 14 heavy (non-hydrogen) atoms. The Bertz CT molecular complexity index is 295. The molecule has 4 nitrogen and oxygen atoms in total. The van der Waals surface area contributed by atoms with E-state index in [1.54, 1.807) is 6.20 Å². The van der Waals surface area contributed by atoms with Crippen molar-refractivity contribution in [1.29, 1.82) is 0 Å². The van der Waals surface area contributed by atoms with Gasteiger partial charge in [0.1, 0.15) is 19.0 Å². The number of carbonyl (C=O) groups excluding carboxylic acids is 1. The molecule has 4 heteroatoms. The molecule has 0 bridgehead atoms. The summed E-state index contributed by atoms with van der Waals surface area (Å²) in [6.45, 7) is 3.89. The van der Waals surface area contributed by atoms with E-state index >= 15 is 0 Å². The van der Waals surface area contributed by atoms with Gasteiger partial charge in [0.15, 0.2) is 0 Å². The number of aryl methyl sites for hydroxylation is 1. The summed E-state index contributed by atoms with van der Waals surface area (Å²) in [6.07, 6.45) is 1.64. The molecule has 0 saturated carbocycles. The van der Waals surface area contributed by atoms with E-state index in [9.17, 15) is 4.79 Å².